The highest BCUT2D eigenvalue weighted by Gasteiger charge is 2.06. The Morgan fingerprint density at radius 3 is 2.73 bits per heavy atom. The molecule has 2 aromatic rings. The van der Waals surface area contributed by atoms with Crippen molar-refractivity contribution in [1.29, 1.82) is 0 Å². The Balaban J connectivity index is 2.58. The molecular weight excluding hydrogens is 184 g/mol. The van der Waals surface area contributed by atoms with E-state index in [1.807, 2.05) is 18.2 Å². The van der Waals surface area contributed by atoms with Crippen LogP contribution in [0, 0.1) is 6.92 Å². The number of furan rings is 1. The first-order chi connectivity index (χ1) is 7.22. The van der Waals surface area contributed by atoms with Gasteiger partial charge in [-0.25, -0.2) is 0 Å². The van der Waals surface area contributed by atoms with Crippen molar-refractivity contribution in [3.63, 3.8) is 0 Å². The van der Waals surface area contributed by atoms with Crippen LogP contribution < -0.4 is 0 Å². The lowest BCUT2D eigenvalue weighted by Gasteiger charge is -1.93. The van der Waals surface area contributed by atoms with E-state index in [0.29, 0.717) is 0 Å². The van der Waals surface area contributed by atoms with Crippen LogP contribution in [0.4, 0.5) is 0 Å². The number of hydrogen-bond acceptors (Lipinski definition) is 1. The molecule has 0 unspecified atom stereocenters. The van der Waals surface area contributed by atoms with Crippen molar-refractivity contribution in [2.45, 2.75) is 27.2 Å². The quantitative estimate of drug-likeness (QED) is 0.693. The molecule has 0 radical (unpaired) electrons. The number of hydrogen-bond donors (Lipinski definition) is 0. The highest BCUT2D eigenvalue weighted by molar-refractivity contribution is 5.84. The summed E-state index contributed by atoms with van der Waals surface area (Å²) in [6.07, 6.45) is 3.20. The van der Waals surface area contributed by atoms with Crippen molar-refractivity contribution in [1.82, 2.24) is 0 Å². The monoisotopic (exact) mass is 200 g/mol. The second-order valence-corrected chi connectivity index (χ2v) is 3.93. The van der Waals surface area contributed by atoms with E-state index in [1.54, 1.807) is 0 Å². The molecule has 0 N–H and O–H groups in total. The molecule has 0 atom stereocenters. The minimum Gasteiger partial charge on any atom is -0.456 e. The fourth-order valence-electron chi connectivity index (χ4n) is 1.66. The second-order valence-electron chi connectivity index (χ2n) is 3.93. The Labute approximate surface area is 90.4 Å². The first kappa shape index (κ1) is 10.0. The molecular formula is C14H16O. The predicted octanol–water partition coefficient (Wildman–Crippen LogP) is 4.55. The van der Waals surface area contributed by atoms with Gasteiger partial charge in [0.25, 0.3) is 0 Å². The first-order valence-corrected chi connectivity index (χ1v) is 5.37. The lowest BCUT2D eigenvalue weighted by atomic mass is 10.1. The molecule has 0 aliphatic carbocycles. The average Bonchev–Trinajstić information content (AvgIpc) is 2.57. The van der Waals surface area contributed by atoms with Gasteiger partial charge in [0, 0.05) is 10.9 Å². The molecule has 2 rings (SSSR count). The zero-order valence-electron chi connectivity index (χ0n) is 9.50. The lowest BCUT2D eigenvalue weighted by molar-refractivity contribution is 0.600. The van der Waals surface area contributed by atoms with Gasteiger partial charge < -0.3 is 4.42 Å². The zero-order chi connectivity index (χ0) is 10.8. The summed E-state index contributed by atoms with van der Waals surface area (Å²) in [5.41, 5.74) is 3.56. The van der Waals surface area contributed by atoms with E-state index in [2.05, 4.69) is 32.9 Å². The van der Waals surface area contributed by atoms with E-state index >= 15 is 0 Å². The molecule has 0 saturated carbocycles. The van der Waals surface area contributed by atoms with Crippen LogP contribution in [0.2, 0.25) is 0 Å². The van der Waals surface area contributed by atoms with Crippen LogP contribution >= 0.6 is 0 Å². The zero-order valence-corrected chi connectivity index (χ0v) is 9.50. The normalized spacial score (nSPS) is 12.3. The van der Waals surface area contributed by atoms with Gasteiger partial charge in [-0.1, -0.05) is 30.7 Å². The van der Waals surface area contributed by atoms with Crippen LogP contribution in [0.3, 0.4) is 0 Å². The summed E-state index contributed by atoms with van der Waals surface area (Å²) < 4.78 is 5.79. The molecule has 1 aromatic heterocycles. The summed E-state index contributed by atoms with van der Waals surface area (Å²) in [6.45, 7) is 6.40. The Kier molecular flexibility index (Phi) is 2.63. The number of benzene rings is 1. The van der Waals surface area contributed by atoms with Crippen LogP contribution in [-0.4, -0.2) is 0 Å². The third-order valence-corrected chi connectivity index (χ3v) is 2.82. The first-order valence-electron chi connectivity index (χ1n) is 5.37. The Hall–Kier alpha value is -1.50. The maximum Gasteiger partial charge on any atom is 0.135 e. The molecule has 1 heterocycles. The number of rotatable bonds is 2. The highest BCUT2D eigenvalue weighted by Crippen LogP contribution is 2.26. The molecule has 0 aliphatic rings. The van der Waals surface area contributed by atoms with Crippen LogP contribution in [-0.2, 0) is 0 Å². The molecule has 1 heteroatoms. The van der Waals surface area contributed by atoms with Crippen molar-refractivity contribution < 1.29 is 4.42 Å². The van der Waals surface area contributed by atoms with Gasteiger partial charge in [-0.3, -0.25) is 0 Å². The topological polar surface area (TPSA) is 13.1 Å². The van der Waals surface area contributed by atoms with E-state index in [4.69, 9.17) is 4.42 Å². The molecule has 0 aliphatic heterocycles. The van der Waals surface area contributed by atoms with Crippen LogP contribution in [0.15, 0.2) is 34.3 Å². The van der Waals surface area contributed by atoms with E-state index in [9.17, 15) is 0 Å². The van der Waals surface area contributed by atoms with Crippen molar-refractivity contribution in [2.75, 3.05) is 0 Å². The maximum absolute atomic E-state index is 5.79. The lowest BCUT2D eigenvalue weighted by Crippen LogP contribution is -1.75. The molecule has 0 saturated heterocycles. The van der Waals surface area contributed by atoms with Gasteiger partial charge in [0.05, 0.1) is 0 Å². The number of para-hydroxylation sites is 1. The summed E-state index contributed by atoms with van der Waals surface area (Å²) in [7, 11) is 0. The standard InChI is InChI=1S/C14H16O/c1-4-10(2)9-14-11(3)12-7-5-6-8-13(12)15-14/h5-9H,4H2,1-3H3/b10-9-. The van der Waals surface area contributed by atoms with Crippen LogP contribution in [0.25, 0.3) is 17.0 Å². The van der Waals surface area contributed by atoms with Gasteiger partial charge in [-0.05, 0) is 32.4 Å². The molecule has 0 fully saturated rings. The van der Waals surface area contributed by atoms with Crippen LogP contribution in [0.1, 0.15) is 31.6 Å². The summed E-state index contributed by atoms with van der Waals surface area (Å²) in [5.74, 6) is 0.996. The third kappa shape index (κ3) is 1.82. The SMILES string of the molecule is CC/C(C)=C\c1oc2ccccc2c1C. The van der Waals surface area contributed by atoms with E-state index in [-0.39, 0.29) is 0 Å². The van der Waals surface area contributed by atoms with Gasteiger partial charge in [-0.15, -0.1) is 0 Å². The summed E-state index contributed by atoms with van der Waals surface area (Å²) in [5, 5.41) is 1.22. The Morgan fingerprint density at radius 1 is 1.33 bits per heavy atom. The Morgan fingerprint density at radius 2 is 2.07 bits per heavy atom. The number of fused-ring (bicyclic) bond motifs is 1. The molecule has 0 bridgehead atoms. The minimum atomic E-state index is 0.977. The predicted molar refractivity (Wildman–Crippen MR) is 64.9 cm³/mol. The maximum atomic E-state index is 5.79. The van der Waals surface area contributed by atoms with Crippen molar-refractivity contribution >= 4 is 17.0 Å². The van der Waals surface area contributed by atoms with Crippen molar-refractivity contribution in [3.05, 3.63) is 41.2 Å². The summed E-state index contributed by atoms with van der Waals surface area (Å²) >= 11 is 0. The van der Waals surface area contributed by atoms with E-state index in [0.717, 1.165) is 17.8 Å². The molecule has 1 nitrogen and oxygen atoms in total. The minimum absolute atomic E-state index is 0.977. The summed E-state index contributed by atoms with van der Waals surface area (Å²) in [6, 6.07) is 8.17. The smallest absolute Gasteiger partial charge is 0.135 e. The van der Waals surface area contributed by atoms with Gasteiger partial charge in [0.1, 0.15) is 11.3 Å². The van der Waals surface area contributed by atoms with Gasteiger partial charge in [0.2, 0.25) is 0 Å². The van der Waals surface area contributed by atoms with Crippen molar-refractivity contribution in [2.24, 2.45) is 0 Å². The molecule has 0 amide bonds. The summed E-state index contributed by atoms with van der Waals surface area (Å²) in [4.78, 5) is 0. The van der Waals surface area contributed by atoms with Gasteiger partial charge in [0.15, 0.2) is 0 Å². The third-order valence-electron chi connectivity index (χ3n) is 2.82. The number of allylic oxidation sites excluding steroid dienone is 1. The second kappa shape index (κ2) is 3.93. The molecule has 1 aromatic carbocycles. The van der Waals surface area contributed by atoms with Crippen LogP contribution in [0.5, 0.6) is 0 Å². The Bertz CT molecular complexity index is 503. The van der Waals surface area contributed by atoms with Gasteiger partial charge >= 0.3 is 0 Å². The largest absolute Gasteiger partial charge is 0.456 e. The van der Waals surface area contributed by atoms with E-state index in [1.165, 1.54) is 16.5 Å². The van der Waals surface area contributed by atoms with Gasteiger partial charge in [-0.2, -0.15) is 0 Å². The highest BCUT2D eigenvalue weighted by atomic mass is 16.3. The fraction of sp³-hybridized carbons (Fsp3) is 0.286. The van der Waals surface area contributed by atoms with E-state index < -0.39 is 0 Å². The molecule has 15 heavy (non-hydrogen) atoms. The van der Waals surface area contributed by atoms with Crippen molar-refractivity contribution in [3.8, 4) is 0 Å². The number of aryl methyl sites for hydroxylation is 1. The fourth-order valence-corrected chi connectivity index (χ4v) is 1.66. The molecule has 78 valence electrons. The average molecular weight is 200 g/mol. The molecule has 0 spiro atoms.